The third-order valence-corrected chi connectivity index (χ3v) is 4.17. The summed E-state index contributed by atoms with van der Waals surface area (Å²) in [6, 6.07) is 8.97. The molecule has 17 heavy (non-hydrogen) atoms. The highest BCUT2D eigenvalue weighted by atomic mass is 15.1. The fourth-order valence-electron chi connectivity index (χ4n) is 3.02. The predicted octanol–water partition coefficient (Wildman–Crippen LogP) is 3.69. The van der Waals surface area contributed by atoms with E-state index >= 15 is 0 Å². The standard InChI is InChI=1S/C16H25N/c1-4-5-10-17(3)12-15-11-14-8-6-7-9-16(14)13(15)2/h6-9,13,15H,4-5,10-12H2,1-3H3/t13-,15-/m0/s1. The molecule has 0 heterocycles. The van der Waals surface area contributed by atoms with Gasteiger partial charge in [-0.15, -0.1) is 0 Å². The van der Waals surface area contributed by atoms with Crippen molar-refractivity contribution in [3.8, 4) is 0 Å². The highest BCUT2D eigenvalue weighted by Gasteiger charge is 2.29. The van der Waals surface area contributed by atoms with Crippen molar-refractivity contribution in [1.29, 1.82) is 0 Å². The molecular formula is C16H25N. The van der Waals surface area contributed by atoms with Crippen LogP contribution in [0.4, 0.5) is 0 Å². The van der Waals surface area contributed by atoms with Gasteiger partial charge in [-0.2, -0.15) is 0 Å². The molecule has 1 aliphatic carbocycles. The Labute approximate surface area is 106 Å². The van der Waals surface area contributed by atoms with Crippen LogP contribution in [0.2, 0.25) is 0 Å². The fourth-order valence-corrected chi connectivity index (χ4v) is 3.02. The van der Waals surface area contributed by atoms with Crippen LogP contribution in [0.3, 0.4) is 0 Å². The molecule has 0 saturated carbocycles. The molecule has 94 valence electrons. The molecule has 0 spiro atoms. The van der Waals surface area contributed by atoms with Gasteiger partial charge >= 0.3 is 0 Å². The van der Waals surface area contributed by atoms with Crippen LogP contribution in [-0.4, -0.2) is 25.0 Å². The number of hydrogen-bond acceptors (Lipinski definition) is 1. The molecule has 2 rings (SSSR count). The van der Waals surface area contributed by atoms with Crippen molar-refractivity contribution < 1.29 is 0 Å². The first-order valence-electron chi connectivity index (χ1n) is 6.98. The SMILES string of the molecule is CCCCN(C)C[C@@H]1Cc2ccccc2[C@H]1C. The zero-order chi connectivity index (χ0) is 12.3. The van der Waals surface area contributed by atoms with Crippen LogP contribution in [0.1, 0.15) is 43.7 Å². The van der Waals surface area contributed by atoms with Crippen molar-refractivity contribution in [1.82, 2.24) is 4.90 Å². The quantitative estimate of drug-likeness (QED) is 0.747. The van der Waals surface area contributed by atoms with Gasteiger partial charge in [0.15, 0.2) is 0 Å². The Morgan fingerprint density at radius 1 is 1.29 bits per heavy atom. The minimum atomic E-state index is 0.732. The Kier molecular flexibility index (Phi) is 4.22. The smallest absolute Gasteiger partial charge is 0.00155 e. The second-order valence-electron chi connectivity index (χ2n) is 5.57. The van der Waals surface area contributed by atoms with Gasteiger partial charge in [-0.1, -0.05) is 44.5 Å². The molecule has 1 aromatic carbocycles. The Morgan fingerprint density at radius 3 is 2.76 bits per heavy atom. The van der Waals surface area contributed by atoms with Gasteiger partial charge in [0.1, 0.15) is 0 Å². The van der Waals surface area contributed by atoms with Crippen LogP contribution in [0, 0.1) is 5.92 Å². The van der Waals surface area contributed by atoms with Crippen LogP contribution >= 0.6 is 0 Å². The summed E-state index contributed by atoms with van der Waals surface area (Å²) in [5, 5.41) is 0. The molecule has 0 fully saturated rings. The zero-order valence-electron chi connectivity index (χ0n) is 11.4. The maximum absolute atomic E-state index is 2.51. The average Bonchev–Trinajstić information content (AvgIpc) is 2.64. The summed E-state index contributed by atoms with van der Waals surface area (Å²) < 4.78 is 0. The molecule has 0 aromatic heterocycles. The molecule has 0 bridgehead atoms. The van der Waals surface area contributed by atoms with Crippen molar-refractivity contribution in [2.45, 2.75) is 39.0 Å². The van der Waals surface area contributed by atoms with Gasteiger partial charge in [-0.25, -0.2) is 0 Å². The summed E-state index contributed by atoms with van der Waals surface area (Å²) in [5.41, 5.74) is 3.16. The van der Waals surface area contributed by atoms with Crippen LogP contribution in [0.25, 0.3) is 0 Å². The molecule has 0 saturated heterocycles. The summed E-state index contributed by atoms with van der Waals surface area (Å²) in [4.78, 5) is 2.51. The van der Waals surface area contributed by atoms with Gasteiger partial charge in [0.25, 0.3) is 0 Å². The average molecular weight is 231 g/mol. The van der Waals surface area contributed by atoms with Gasteiger partial charge in [0, 0.05) is 6.54 Å². The van der Waals surface area contributed by atoms with E-state index in [2.05, 4.69) is 50.1 Å². The van der Waals surface area contributed by atoms with E-state index < -0.39 is 0 Å². The van der Waals surface area contributed by atoms with E-state index in [0.717, 1.165) is 11.8 Å². The van der Waals surface area contributed by atoms with Gasteiger partial charge in [-0.3, -0.25) is 0 Å². The number of fused-ring (bicyclic) bond motifs is 1. The lowest BCUT2D eigenvalue weighted by Gasteiger charge is -2.23. The Hall–Kier alpha value is -0.820. The Morgan fingerprint density at radius 2 is 2.06 bits per heavy atom. The van der Waals surface area contributed by atoms with Crippen molar-refractivity contribution in [3.63, 3.8) is 0 Å². The lowest BCUT2D eigenvalue weighted by molar-refractivity contribution is 0.261. The highest BCUT2D eigenvalue weighted by Crippen LogP contribution is 2.37. The van der Waals surface area contributed by atoms with E-state index in [1.54, 1.807) is 11.1 Å². The zero-order valence-corrected chi connectivity index (χ0v) is 11.4. The second kappa shape index (κ2) is 5.68. The molecule has 1 aromatic rings. The topological polar surface area (TPSA) is 3.24 Å². The van der Waals surface area contributed by atoms with Crippen molar-refractivity contribution in [3.05, 3.63) is 35.4 Å². The molecule has 2 atom stereocenters. The van der Waals surface area contributed by atoms with E-state index in [9.17, 15) is 0 Å². The fraction of sp³-hybridized carbons (Fsp3) is 0.625. The van der Waals surface area contributed by atoms with Crippen molar-refractivity contribution in [2.75, 3.05) is 20.1 Å². The van der Waals surface area contributed by atoms with Gasteiger partial charge in [0.2, 0.25) is 0 Å². The monoisotopic (exact) mass is 231 g/mol. The summed E-state index contributed by atoms with van der Waals surface area (Å²) in [6.07, 6.45) is 3.89. The van der Waals surface area contributed by atoms with Crippen molar-refractivity contribution in [2.24, 2.45) is 5.92 Å². The molecular weight excluding hydrogens is 206 g/mol. The third-order valence-electron chi connectivity index (χ3n) is 4.17. The third kappa shape index (κ3) is 2.90. The van der Waals surface area contributed by atoms with Crippen LogP contribution < -0.4 is 0 Å². The number of nitrogens with zero attached hydrogens (tertiary/aromatic N) is 1. The van der Waals surface area contributed by atoms with Gasteiger partial charge < -0.3 is 4.90 Å². The summed E-state index contributed by atoms with van der Waals surface area (Å²) in [6.45, 7) is 7.15. The predicted molar refractivity (Wildman–Crippen MR) is 74.5 cm³/mol. The summed E-state index contributed by atoms with van der Waals surface area (Å²) >= 11 is 0. The Balaban J connectivity index is 1.93. The van der Waals surface area contributed by atoms with E-state index in [1.165, 1.54) is 32.4 Å². The maximum atomic E-state index is 2.51. The lowest BCUT2D eigenvalue weighted by Crippen LogP contribution is -2.28. The van der Waals surface area contributed by atoms with Crippen LogP contribution in [-0.2, 0) is 6.42 Å². The molecule has 0 radical (unpaired) electrons. The second-order valence-corrected chi connectivity index (χ2v) is 5.57. The van der Waals surface area contributed by atoms with Gasteiger partial charge in [0.05, 0.1) is 0 Å². The number of unbranched alkanes of at least 4 members (excludes halogenated alkanes) is 1. The molecule has 0 amide bonds. The first-order valence-corrected chi connectivity index (χ1v) is 6.98. The molecule has 0 aliphatic heterocycles. The number of rotatable bonds is 5. The molecule has 1 nitrogen and oxygen atoms in total. The minimum absolute atomic E-state index is 0.732. The highest BCUT2D eigenvalue weighted by molar-refractivity contribution is 5.35. The first kappa shape index (κ1) is 12.6. The van der Waals surface area contributed by atoms with Crippen molar-refractivity contribution >= 4 is 0 Å². The van der Waals surface area contributed by atoms with E-state index in [4.69, 9.17) is 0 Å². The van der Waals surface area contributed by atoms with E-state index in [0.29, 0.717) is 0 Å². The maximum Gasteiger partial charge on any atom is 0.00155 e. The van der Waals surface area contributed by atoms with E-state index in [-0.39, 0.29) is 0 Å². The number of benzene rings is 1. The molecule has 1 heteroatoms. The largest absolute Gasteiger partial charge is 0.306 e. The first-order chi connectivity index (χ1) is 8.22. The Bertz CT molecular complexity index is 358. The summed E-state index contributed by atoms with van der Waals surface area (Å²) in [5.74, 6) is 1.55. The lowest BCUT2D eigenvalue weighted by atomic mass is 9.94. The molecule has 0 N–H and O–H groups in total. The molecule has 1 aliphatic rings. The minimum Gasteiger partial charge on any atom is -0.306 e. The number of hydrogen-bond donors (Lipinski definition) is 0. The van der Waals surface area contributed by atoms with Crippen LogP contribution in [0.5, 0.6) is 0 Å². The van der Waals surface area contributed by atoms with Crippen LogP contribution in [0.15, 0.2) is 24.3 Å². The van der Waals surface area contributed by atoms with E-state index in [1.807, 2.05) is 0 Å². The van der Waals surface area contributed by atoms with Gasteiger partial charge in [-0.05, 0) is 49.4 Å². The molecule has 0 unspecified atom stereocenters. The normalized spacial score (nSPS) is 23.1. The summed E-state index contributed by atoms with van der Waals surface area (Å²) in [7, 11) is 2.27.